The summed E-state index contributed by atoms with van der Waals surface area (Å²) in [6.07, 6.45) is 3.72. The fourth-order valence-corrected chi connectivity index (χ4v) is 27.0. The molecule has 0 aliphatic rings. The Kier molecular flexibility index (Phi) is 21.0. The maximum absolute atomic E-state index is 15.3. The van der Waals surface area contributed by atoms with E-state index < -0.39 is 55.8 Å². The summed E-state index contributed by atoms with van der Waals surface area (Å²) >= 11 is 0. The molecular weight excluding hydrogens is 859 g/mol. The number of rotatable bonds is 26. The van der Waals surface area contributed by atoms with E-state index in [9.17, 15) is 0 Å². The Morgan fingerprint density at radius 2 is 0.710 bits per heavy atom. The maximum Gasteiger partial charge on any atom is 0.417 e. The van der Waals surface area contributed by atoms with Crippen LogP contribution in [0.25, 0.3) is 0 Å². The topological polar surface area (TPSA) is 3.24 Å². The van der Waals surface area contributed by atoms with Gasteiger partial charge in [0.05, 0.1) is 27.3 Å². The van der Waals surface area contributed by atoms with E-state index in [4.69, 9.17) is 0 Å². The molecule has 0 aromatic heterocycles. The van der Waals surface area contributed by atoms with Gasteiger partial charge in [0.25, 0.3) is 0 Å². The van der Waals surface area contributed by atoms with E-state index in [0.29, 0.717) is 0 Å². The Balaban J connectivity index is 2.12. The first kappa shape index (κ1) is 52.3. The molecule has 0 amide bonds. The van der Waals surface area contributed by atoms with E-state index in [2.05, 4.69) is 65.8 Å². The molecule has 4 rings (SSSR count). The first-order valence-electron chi connectivity index (χ1n) is 23.5. The van der Waals surface area contributed by atoms with Gasteiger partial charge < -0.3 is 0 Å². The van der Waals surface area contributed by atoms with Gasteiger partial charge in [0.1, 0.15) is 0 Å². The molecule has 342 valence electrons. The van der Waals surface area contributed by atoms with Crippen molar-refractivity contribution < 1.29 is 26.3 Å². The van der Waals surface area contributed by atoms with Crippen molar-refractivity contribution in [3.8, 4) is 0 Å². The summed E-state index contributed by atoms with van der Waals surface area (Å²) in [5.41, 5.74) is -1.46. The summed E-state index contributed by atoms with van der Waals surface area (Å²) in [5, 5.41) is 4.34. The van der Waals surface area contributed by atoms with Crippen molar-refractivity contribution in [3.05, 3.63) is 108 Å². The minimum Gasteiger partial charge on any atom is -0.248 e. The van der Waals surface area contributed by atoms with Crippen molar-refractivity contribution in [2.75, 3.05) is 7.05 Å². The summed E-state index contributed by atoms with van der Waals surface area (Å²) in [5.74, 6) is 0. The molecule has 4 aromatic rings. The highest BCUT2D eigenvalue weighted by Crippen LogP contribution is 2.55. The van der Waals surface area contributed by atoms with E-state index in [-0.39, 0.29) is 10.6 Å². The van der Waals surface area contributed by atoms with Crippen LogP contribution in [-0.4, -0.2) is 27.6 Å². The lowest BCUT2D eigenvalue weighted by molar-refractivity contribution is -0.137. The zero-order valence-corrected chi connectivity index (χ0v) is 42.4. The number of halogens is 6. The molecule has 2 unspecified atom stereocenters. The van der Waals surface area contributed by atoms with Gasteiger partial charge in [-0.3, -0.25) is 0 Å². The zero-order valence-electron chi connectivity index (χ0n) is 38.6. The Morgan fingerprint density at radius 1 is 0.419 bits per heavy atom. The number of unbranched alkanes of at least 4 members (excludes halogenated alkanes) is 6. The molecule has 0 fully saturated rings. The summed E-state index contributed by atoms with van der Waals surface area (Å²) < 4.78 is 93.7. The SMILES string of the molecule is CCCC[Si](CCCC)(CCCC)c1cccc(P(c2ccccc2C(F)(F)F)N(C)P(c2cccc([Si](CCCC)(CCCC)CCCC)c2)c2ccccc2C(F)(F)F)c1. The second-order valence-electron chi connectivity index (χ2n) is 17.4. The predicted octanol–water partition coefficient (Wildman–Crippen LogP) is 15.2. The predicted molar refractivity (Wildman–Crippen MR) is 265 cm³/mol. The highest BCUT2D eigenvalue weighted by Gasteiger charge is 2.43. The van der Waals surface area contributed by atoms with Gasteiger partial charge in [-0.1, -0.05) is 250 Å². The second-order valence-corrected chi connectivity index (χ2v) is 31.5. The first-order valence-corrected chi connectivity index (χ1v) is 31.4. The summed E-state index contributed by atoms with van der Waals surface area (Å²) in [6, 6.07) is 35.2. The van der Waals surface area contributed by atoms with E-state index in [1.165, 1.54) is 22.5 Å². The Hall–Kier alpha value is -2.29. The average Bonchev–Trinajstić information content (AvgIpc) is 3.26. The van der Waals surface area contributed by atoms with E-state index in [1.807, 2.05) is 35.8 Å². The summed E-state index contributed by atoms with van der Waals surface area (Å²) in [7, 11) is -6.41. The molecule has 0 bridgehead atoms. The van der Waals surface area contributed by atoms with Crippen LogP contribution in [0.5, 0.6) is 0 Å². The fourth-order valence-electron chi connectivity index (χ4n) is 9.45. The highest BCUT2D eigenvalue weighted by atomic mass is 31.2. The molecule has 4 aromatic carbocycles. The molecule has 0 heterocycles. The van der Waals surface area contributed by atoms with Crippen molar-refractivity contribution in [3.63, 3.8) is 0 Å². The third-order valence-electron chi connectivity index (χ3n) is 12.9. The van der Waals surface area contributed by atoms with Gasteiger partial charge in [0, 0.05) is 26.8 Å². The number of benzene rings is 4. The highest BCUT2D eigenvalue weighted by molar-refractivity contribution is 7.84. The lowest BCUT2D eigenvalue weighted by atomic mass is 10.2. The summed E-state index contributed by atoms with van der Waals surface area (Å²) in [6.45, 7) is 13.3. The monoisotopic (exact) mass is 931 g/mol. The molecule has 0 spiro atoms. The molecule has 0 saturated carbocycles. The van der Waals surface area contributed by atoms with Crippen molar-refractivity contribution >= 4 is 63.9 Å². The molecule has 0 radical (unpaired) electrons. The van der Waals surface area contributed by atoms with Crippen LogP contribution in [-0.2, 0) is 12.4 Å². The van der Waals surface area contributed by atoms with Gasteiger partial charge in [-0.05, 0) is 29.8 Å². The third-order valence-corrected chi connectivity index (χ3v) is 29.3. The van der Waals surface area contributed by atoms with Crippen LogP contribution < -0.4 is 31.6 Å². The lowest BCUT2D eigenvalue weighted by Gasteiger charge is -2.39. The first-order chi connectivity index (χ1) is 29.7. The van der Waals surface area contributed by atoms with Crippen LogP contribution in [0.3, 0.4) is 0 Å². The van der Waals surface area contributed by atoms with Gasteiger partial charge in [0.15, 0.2) is 0 Å². The zero-order chi connectivity index (χ0) is 45.4. The van der Waals surface area contributed by atoms with Crippen molar-refractivity contribution in [2.45, 2.75) is 167 Å². The van der Waals surface area contributed by atoms with E-state index in [0.717, 1.165) is 136 Å². The number of alkyl halides is 6. The molecule has 62 heavy (non-hydrogen) atoms. The third kappa shape index (κ3) is 13.4. The van der Waals surface area contributed by atoms with Gasteiger partial charge in [0.2, 0.25) is 0 Å². The normalized spacial score (nSPS) is 13.8. The molecule has 11 heteroatoms. The standard InChI is InChI=1S/C51H73F6NP2Si2/c1-8-14-34-61(35-15-9-2,36-16-10-3)44-28-24-26-42(40-44)59(48-32-22-20-30-46(48)50(52,53)54)58(7)60(49-33-23-21-31-47(49)51(55,56)57)43-27-25-29-45(41-43)62(37-17-11-4,38-18-12-5)39-19-13-6/h20-33,40-41H,8-19,34-39H2,1-7H3. The quantitative estimate of drug-likeness (QED) is 0.0345. The molecule has 0 aliphatic heterocycles. The smallest absolute Gasteiger partial charge is 0.248 e. The molecule has 0 N–H and O–H groups in total. The van der Waals surface area contributed by atoms with Crippen molar-refractivity contribution in [2.24, 2.45) is 0 Å². The molecule has 1 nitrogen and oxygen atoms in total. The molecule has 2 atom stereocenters. The van der Waals surface area contributed by atoms with Crippen LogP contribution in [0.4, 0.5) is 26.3 Å². The van der Waals surface area contributed by atoms with Crippen LogP contribution in [0, 0.1) is 0 Å². The Labute approximate surface area is 375 Å². The van der Waals surface area contributed by atoms with Crippen LogP contribution in [0.15, 0.2) is 97.1 Å². The van der Waals surface area contributed by atoms with Gasteiger partial charge in [-0.15, -0.1) is 0 Å². The van der Waals surface area contributed by atoms with Crippen molar-refractivity contribution in [1.82, 2.24) is 4.44 Å². The Morgan fingerprint density at radius 3 is 0.984 bits per heavy atom. The second kappa shape index (κ2) is 24.8. The molecular formula is C51H73F6NP2Si2. The minimum absolute atomic E-state index is 0.128. The Bertz CT molecular complexity index is 1750. The number of nitrogens with zero attached hydrogens (tertiary/aromatic N) is 1. The lowest BCUT2D eigenvalue weighted by Crippen LogP contribution is -2.49. The van der Waals surface area contributed by atoms with Gasteiger partial charge >= 0.3 is 12.4 Å². The molecule has 0 saturated heterocycles. The van der Waals surface area contributed by atoms with E-state index in [1.54, 1.807) is 24.3 Å². The average molecular weight is 932 g/mol. The molecule has 0 aliphatic carbocycles. The summed E-state index contributed by atoms with van der Waals surface area (Å²) in [4.78, 5) is 0. The van der Waals surface area contributed by atoms with Gasteiger partial charge in [-0.25, -0.2) is 4.44 Å². The van der Waals surface area contributed by atoms with E-state index >= 15 is 26.3 Å². The van der Waals surface area contributed by atoms with Crippen LogP contribution in [0.1, 0.15) is 130 Å². The fraction of sp³-hybridized carbons (Fsp3) is 0.529. The number of hydrogen-bond acceptors (Lipinski definition) is 1. The van der Waals surface area contributed by atoms with Gasteiger partial charge in [-0.2, -0.15) is 26.3 Å². The minimum atomic E-state index is -4.66. The van der Waals surface area contributed by atoms with Crippen molar-refractivity contribution in [1.29, 1.82) is 0 Å². The van der Waals surface area contributed by atoms with Crippen LogP contribution >= 0.6 is 16.1 Å². The maximum atomic E-state index is 15.3. The van der Waals surface area contributed by atoms with Crippen LogP contribution in [0.2, 0.25) is 36.3 Å². The number of hydrogen-bond donors (Lipinski definition) is 0. The largest absolute Gasteiger partial charge is 0.417 e.